The van der Waals surface area contributed by atoms with Gasteiger partial charge in [0.05, 0.1) is 5.02 Å². The third kappa shape index (κ3) is 10.9. The molecule has 4 amide bonds. The highest BCUT2D eigenvalue weighted by Gasteiger charge is 2.22. The van der Waals surface area contributed by atoms with Crippen molar-refractivity contribution in [2.45, 2.75) is 72.6 Å². The molecule has 0 aromatic heterocycles. The molecule has 6 nitrogen and oxygen atoms in total. The summed E-state index contributed by atoms with van der Waals surface area (Å²) in [7, 11) is 0. The average Bonchev–Trinajstić information content (AvgIpc) is 3.15. The molecule has 0 spiro atoms. The number of rotatable bonds is 7. The second-order valence-corrected chi connectivity index (χ2v) is 8.18. The molecule has 0 aliphatic heterocycles. The number of imide groups is 1. The van der Waals surface area contributed by atoms with E-state index in [0.717, 1.165) is 12.3 Å². The highest BCUT2D eigenvalue weighted by atomic mass is 35.5. The first-order valence-corrected chi connectivity index (χ1v) is 11.4. The van der Waals surface area contributed by atoms with Gasteiger partial charge in [0.2, 0.25) is 11.8 Å². The maximum atomic E-state index is 13.6. The fourth-order valence-corrected chi connectivity index (χ4v) is 3.77. The van der Waals surface area contributed by atoms with E-state index in [1.807, 2.05) is 19.2 Å². The average molecular weight is 476 g/mol. The number of nitrogens with one attached hydrogen (secondary N) is 1. The second kappa shape index (κ2) is 15.6. The molecule has 9 heteroatoms. The Bertz CT molecular complexity index is 762. The first-order chi connectivity index (χ1) is 15.0. The van der Waals surface area contributed by atoms with Crippen molar-refractivity contribution in [1.82, 2.24) is 5.32 Å². The lowest BCUT2D eigenvalue weighted by atomic mass is 9.97. The number of benzene rings is 1. The standard InChI is InChI=1S/C14H17ClF2.C7H13N3O3.C2H6/c1-9-2-3-10(8-9)4-5-11-13(16)7-6-12(15)14(11)17;1-2-4(6(8)12)3-5(11)10-7(9)13;1-2/h6-7,9-10H,2-5,8H2,1H3;4H,2-3H2,1H3,(H2,8,12)(H3,9,10,11,13);1-2H3/t9-,10?;;/m1../s1. The lowest BCUT2D eigenvalue weighted by Crippen LogP contribution is -2.37. The summed E-state index contributed by atoms with van der Waals surface area (Å²) in [5.41, 5.74) is 9.84. The van der Waals surface area contributed by atoms with Gasteiger partial charge in [-0.2, -0.15) is 0 Å². The Labute approximate surface area is 194 Å². The van der Waals surface area contributed by atoms with Crippen LogP contribution in [0.2, 0.25) is 5.02 Å². The van der Waals surface area contributed by atoms with Gasteiger partial charge in [0.15, 0.2) is 0 Å². The summed E-state index contributed by atoms with van der Waals surface area (Å²) in [6.07, 6.45) is 5.28. The van der Waals surface area contributed by atoms with Crippen molar-refractivity contribution in [3.63, 3.8) is 0 Å². The minimum absolute atomic E-state index is 0.0150. The maximum Gasteiger partial charge on any atom is 0.318 e. The van der Waals surface area contributed by atoms with E-state index in [2.05, 4.69) is 6.92 Å². The molecule has 1 fully saturated rings. The van der Waals surface area contributed by atoms with E-state index in [4.69, 9.17) is 23.1 Å². The molecule has 5 N–H and O–H groups in total. The molecule has 0 radical (unpaired) electrons. The molecule has 1 saturated carbocycles. The van der Waals surface area contributed by atoms with E-state index in [0.29, 0.717) is 18.8 Å². The zero-order valence-electron chi connectivity index (χ0n) is 19.3. The molecule has 1 aromatic carbocycles. The van der Waals surface area contributed by atoms with Crippen molar-refractivity contribution in [2.75, 3.05) is 0 Å². The number of hydrogen-bond donors (Lipinski definition) is 3. The number of primary amides is 2. The van der Waals surface area contributed by atoms with Gasteiger partial charge in [-0.05, 0) is 49.7 Å². The van der Waals surface area contributed by atoms with Crippen molar-refractivity contribution >= 4 is 29.4 Å². The number of urea groups is 1. The van der Waals surface area contributed by atoms with E-state index in [9.17, 15) is 23.2 Å². The van der Waals surface area contributed by atoms with Crippen LogP contribution in [-0.2, 0) is 16.0 Å². The zero-order chi connectivity index (χ0) is 24.8. The molecule has 3 atom stereocenters. The molecule has 1 aliphatic carbocycles. The minimum atomic E-state index is -0.927. The van der Waals surface area contributed by atoms with Crippen LogP contribution in [0.4, 0.5) is 13.6 Å². The van der Waals surface area contributed by atoms with Crippen LogP contribution in [0.3, 0.4) is 0 Å². The Hall–Kier alpha value is -2.22. The number of amides is 4. The molecule has 1 aliphatic rings. The predicted octanol–water partition coefficient (Wildman–Crippen LogP) is 5.10. The highest BCUT2D eigenvalue weighted by Crippen LogP contribution is 2.34. The normalized spacial score (nSPS) is 17.8. The van der Waals surface area contributed by atoms with Gasteiger partial charge in [-0.15, -0.1) is 0 Å². The summed E-state index contributed by atoms with van der Waals surface area (Å²) < 4.78 is 27.1. The van der Waals surface area contributed by atoms with Crippen LogP contribution < -0.4 is 16.8 Å². The van der Waals surface area contributed by atoms with Crippen LogP contribution in [0.25, 0.3) is 0 Å². The van der Waals surface area contributed by atoms with Crippen LogP contribution in [-0.4, -0.2) is 17.8 Å². The first-order valence-electron chi connectivity index (χ1n) is 11.1. The number of halogens is 3. The van der Waals surface area contributed by atoms with Gasteiger partial charge in [0.25, 0.3) is 0 Å². The van der Waals surface area contributed by atoms with E-state index in [-0.39, 0.29) is 17.0 Å². The maximum absolute atomic E-state index is 13.6. The first kappa shape index (κ1) is 29.8. The number of hydrogen-bond acceptors (Lipinski definition) is 3. The molecule has 2 rings (SSSR count). The predicted molar refractivity (Wildman–Crippen MR) is 123 cm³/mol. The quantitative estimate of drug-likeness (QED) is 0.476. The summed E-state index contributed by atoms with van der Waals surface area (Å²) in [4.78, 5) is 31.8. The number of carbonyl (C=O) groups excluding carboxylic acids is 3. The van der Waals surface area contributed by atoms with Crippen LogP contribution >= 0.6 is 11.6 Å². The minimum Gasteiger partial charge on any atom is -0.369 e. The van der Waals surface area contributed by atoms with E-state index in [1.165, 1.54) is 31.4 Å². The van der Waals surface area contributed by atoms with Gasteiger partial charge in [0.1, 0.15) is 11.6 Å². The molecule has 0 heterocycles. The zero-order valence-corrected chi connectivity index (χ0v) is 20.1. The van der Waals surface area contributed by atoms with Gasteiger partial charge in [-0.25, -0.2) is 13.6 Å². The van der Waals surface area contributed by atoms with Crippen LogP contribution in [0.5, 0.6) is 0 Å². The molecule has 1 aromatic rings. The Morgan fingerprint density at radius 1 is 1.19 bits per heavy atom. The topological polar surface area (TPSA) is 115 Å². The summed E-state index contributed by atoms with van der Waals surface area (Å²) in [6.45, 7) is 7.97. The fraction of sp³-hybridized carbons (Fsp3) is 0.609. The lowest BCUT2D eigenvalue weighted by molar-refractivity contribution is -0.128. The largest absolute Gasteiger partial charge is 0.369 e. The highest BCUT2D eigenvalue weighted by molar-refractivity contribution is 6.30. The van der Waals surface area contributed by atoms with Gasteiger partial charge in [0, 0.05) is 17.9 Å². The monoisotopic (exact) mass is 475 g/mol. The van der Waals surface area contributed by atoms with Crippen molar-refractivity contribution in [2.24, 2.45) is 29.2 Å². The fourth-order valence-electron chi connectivity index (χ4n) is 3.59. The van der Waals surface area contributed by atoms with Crippen molar-refractivity contribution in [3.8, 4) is 0 Å². The molecule has 2 unspecified atom stereocenters. The van der Waals surface area contributed by atoms with Gasteiger partial charge >= 0.3 is 6.03 Å². The van der Waals surface area contributed by atoms with Gasteiger partial charge in [-0.1, -0.05) is 52.1 Å². The van der Waals surface area contributed by atoms with Crippen LogP contribution in [0.1, 0.15) is 71.8 Å². The Morgan fingerprint density at radius 3 is 2.28 bits per heavy atom. The molecule has 0 saturated heterocycles. The number of nitrogens with two attached hydrogens (primary N) is 2. The SMILES string of the molecule is CC.CCC(CC(=O)NC(N)=O)C(N)=O.C[C@@H]1CCC(CCc2c(F)ccc(Cl)c2F)C1. The molecular weight excluding hydrogens is 440 g/mol. The van der Waals surface area contributed by atoms with Gasteiger partial charge in [-0.3, -0.25) is 14.9 Å². The van der Waals surface area contributed by atoms with E-state index in [1.54, 1.807) is 6.92 Å². The van der Waals surface area contributed by atoms with Crippen molar-refractivity contribution in [1.29, 1.82) is 0 Å². The van der Waals surface area contributed by atoms with Crippen LogP contribution in [0.15, 0.2) is 12.1 Å². The molecule has 0 bridgehead atoms. The Morgan fingerprint density at radius 2 is 1.81 bits per heavy atom. The number of carbonyl (C=O) groups is 3. The molecule has 182 valence electrons. The second-order valence-electron chi connectivity index (χ2n) is 7.77. The molecular formula is C23H36ClF2N3O3. The Balaban J connectivity index is 0.000000578. The third-order valence-electron chi connectivity index (χ3n) is 5.33. The van der Waals surface area contributed by atoms with Gasteiger partial charge < -0.3 is 11.5 Å². The Kier molecular flexibility index (Phi) is 14.5. The van der Waals surface area contributed by atoms with E-state index >= 15 is 0 Å². The summed E-state index contributed by atoms with van der Waals surface area (Å²) in [5.74, 6) is -1.37. The molecule has 32 heavy (non-hydrogen) atoms. The summed E-state index contributed by atoms with van der Waals surface area (Å²) >= 11 is 5.66. The lowest BCUT2D eigenvalue weighted by Gasteiger charge is -2.11. The third-order valence-corrected chi connectivity index (χ3v) is 5.63. The van der Waals surface area contributed by atoms with Crippen molar-refractivity contribution < 1.29 is 23.2 Å². The van der Waals surface area contributed by atoms with E-state index < -0.39 is 35.4 Å². The van der Waals surface area contributed by atoms with Crippen LogP contribution in [0, 0.1) is 29.4 Å². The summed E-state index contributed by atoms with van der Waals surface area (Å²) in [6, 6.07) is 1.59. The van der Waals surface area contributed by atoms with Crippen molar-refractivity contribution in [3.05, 3.63) is 34.4 Å². The summed E-state index contributed by atoms with van der Waals surface area (Å²) in [5, 5.41) is 1.87. The smallest absolute Gasteiger partial charge is 0.318 e.